The van der Waals surface area contributed by atoms with Crippen LogP contribution in [0, 0.1) is 5.41 Å². The molecule has 2 aliphatic rings. The maximum Gasteiger partial charge on any atom is 0.241 e. The monoisotopic (exact) mass is 463 g/mol. The summed E-state index contributed by atoms with van der Waals surface area (Å²) in [5.74, 6) is 0.522. The van der Waals surface area contributed by atoms with E-state index in [0.29, 0.717) is 25.2 Å². The van der Waals surface area contributed by atoms with E-state index in [1.165, 1.54) is 0 Å². The first-order valence-electron chi connectivity index (χ1n) is 11.6. The van der Waals surface area contributed by atoms with Crippen molar-refractivity contribution in [2.75, 3.05) is 6.54 Å². The molecule has 1 saturated heterocycles. The summed E-state index contributed by atoms with van der Waals surface area (Å²) in [5, 5.41) is -0.672. The van der Waals surface area contributed by atoms with Crippen LogP contribution in [0.25, 0.3) is 11.1 Å². The van der Waals surface area contributed by atoms with E-state index >= 15 is 0 Å². The van der Waals surface area contributed by atoms with E-state index in [1.807, 2.05) is 68.4 Å². The molecular formula is C27H33N3O2S. The Bertz CT molecular complexity index is 1180. The van der Waals surface area contributed by atoms with Gasteiger partial charge >= 0.3 is 0 Å². The summed E-state index contributed by atoms with van der Waals surface area (Å²) < 4.78 is 29.9. The van der Waals surface area contributed by atoms with Gasteiger partial charge in [0.1, 0.15) is 11.1 Å². The second-order valence-electron chi connectivity index (χ2n) is 9.54. The largest absolute Gasteiger partial charge is 0.330 e. The Morgan fingerprint density at radius 1 is 1.09 bits per heavy atom. The van der Waals surface area contributed by atoms with Crippen molar-refractivity contribution in [3.8, 4) is 11.1 Å². The Hall–Kier alpha value is -2.70. The summed E-state index contributed by atoms with van der Waals surface area (Å²) in [5.41, 5.74) is 9.32. The molecule has 2 atom stereocenters. The fraction of sp³-hybridized carbons (Fsp3) is 0.370. The number of nitrogens with two attached hydrogens (primary N) is 1. The molecule has 2 aromatic carbocycles. The third-order valence-corrected chi connectivity index (χ3v) is 8.41. The van der Waals surface area contributed by atoms with Crippen molar-refractivity contribution in [2.24, 2.45) is 16.1 Å². The maximum atomic E-state index is 13.5. The summed E-state index contributed by atoms with van der Waals surface area (Å²) in [6.07, 6.45) is 9.66. The number of hydrogen-bond donors (Lipinski definition) is 2. The Kier molecular flexibility index (Phi) is 6.86. The van der Waals surface area contributed by atoms with E-state index in [2.05, 4.69) is 23.0 Å². The van der Waals surface area contributed by atoms with Gasteiger partial charge in [0.15, 0.2) is 0 Å². The van der Waals surface area contributed by atoms with E-state index in [0.717, 1.165) is 35.1 Å². The number of sulfonamides is 1. The molecule has 1 fully saturated rings. The Morgan fingerprint density at radius 3 is 2.52 bits per heavy atom. The van der Waals surface area contributed by atoms with Crippen molar-refractivity contribution in [1.82, 2.24) is 4.72 Å². The van der Waals surface area contributed by atoms with Crippen LogP contribution in [0.15, 0.2) is 83.4 Å². The zero-order chi connectivity index (χ0) is 23.5. The van der Waals surface area contributed by atoms with Gasteiger partial charge in [-0.25, -0.2) is 8.42 Å². The highest BCUT2D eigenvalue weighted by atomic mass is 32.2. The molecule has 3 N–H and O–H groups in total. The van der Waals surface area contributed by atoms with Gasteiger partial charge in [-0.15, -0.1) is 0 Å². The van der Waals surface area contributed by atoms with Crippen molar-refractivity contribution in [3.05, 3.63) is 84.0 Å². The van der Waals surface area contributed by atoms with Gasteiger partial charge in [-0.3, -0.25) is 9.71 Å². The highest BCUT2D eigenvalue weighted by Crippen LogP contribution is 2.45. The van der Waals surface area contributed by atoms with Crippen LogP contribution in [0.2, 0.25) is 0 Å². The Labute approximate surface area is 197 Å². The number of allylic oxidation sites excluding steroid dienone is 2. The highest BCUT2D eigenvalue weighted by Gasteiger charge is 2.46. The van der Waals surface area contributed by atoms with Gasteiger partial charge in [-0.2, -0.15) is 0 Å². The quantitative estimate of drug-likeness (QED) is 0.622. The average molecular weight is 464 g/mol. The van der Waals surface area contributed by atoms with E-state index in [1.54, 1.807) is 0 Å². The van der Waals surface area contributed by atoms with Gasteiger partial charge in [0.25, 0.3) is 0 Å². The smallest absolute Gasteiger partial charge is 0.241 e. The molecule has 5 nitrogen and oxygen atoms in total. The van der Waals surface area contributed by atoms with Crippen LogP contribution in [0.1, 0.15) is 50.3 Å². The number of amidine groups is 1. The Balaban J connectivity index is 1.66. The molecule has 0 aromatic heterocycles. The number of hydrogen-bond acceptors (Lipinski definition) is 4. The maximum absolute atomic E-state index is 13.5. The lowest BCUT2D eigenvalue weighted by atomic mass is 9.80. The Morgan fingerprint density at radius 2 is 1.85 bits per heavy atom. The molecule has 0 saturated carbocycles. The molecule has 0 amide bonds. The molecule has 0 bridgehead atoms. The zero-order valence-corrected chi connectivity index (χ0v) is 20.2. The third kappa shape index (κ3) is 5.28. The van der Waals surface area contributed by atoms with Crippen LogP contribution in [-0.4, -0.2) is 26.8 Å². The number of nitrogens with one attached hydrogen (secondary N) is 1. The lowest BCUT2D eigenvalue weighted by Gasteiger charge is -2.39. The predicted molar refractivity (Wildman–Crippen MR) is 136 cm³/mol. The molecule has 174 valence electrons. The molecule has 2 aromatic rings. The van der Waals surface area contributed by atoms with E-state index in [4.69, 9.17) is 10.7 Å². The first kappa shape index (κ1) is 23.5. The van der Waals surface area contributed by atoms with Crippen LogP contribution < -0.4 is 10.5 Å². The standard InChI is InChI=1S/C27H33N3O2S/c1-27(2)19-25(29-24(16-17-28)21-12-7-4-8-13-21)30-33(31,32)26(27)23-15-9-14-22(18-23)20-10-5-3-6-11-20/h3,5-7,9-15,18,24,26H,4,8,16-17,19,28H2,1-2H3,(H,29,30)/t24-,26?/m0/s1. The van der Waals surface area contributed by atoms with Crippen molar-refractivity contribution >= 4 is 15.9 Å². The molecular weight excluding hydrogens is 430 g/mol. The number of aliphatic imine (C=N–C) groups is 1. The van der Waals surface area contributed by atoms with Crippen molar-refractivity contribution in [2.45, 2.75) is 50.8 Å². The summed E-state index contributed by atoms with van der Waals surface area (Å²) in [6.45, 7) is 4.52. The molecule has 33 heavy (non-hydrogen) atoms. The summed E-state index contributed by atoms with van der Waals surface area (Å²) >= 11 is 0. The highest BCUT2D eigenvalue weighted by molar-refractivity contribution is 7.90. The number of nitrogens with zero attached hydrogens (tertiary/aromatic N) is 1. The number of rotatable bonds is 6. The second-order valence-corrected chi connectivity index (χ2v) is 11.3. The van der Waals surface area contributed by atoms with E-state index in [-0.39, 0.29) is 6.04 Å². The summed E-state index contributed by atoms with van der Waals surface area (Å²) in [7, 11) is -3.67. The lowest BCUT2D eigenvalue weighted by molar-refractivity contribution is 0.343. The van der Waals surface area contributed by atoms with Gasteiger partial charge in [0, 0.05) is 6.42 Å². The normalized spacial score (nSPS) is 23.5. The molecule has 1 unspecified atom stereocenters. The minimum Gasteiger partial charge on any atom is -0.330 e. The van der Waals surface area contributed by atoms with Crippen molar-refractivity contribution < 1.29 is 8.42 Å². The zero-order valence-electron chi connectivity index (χ0n) is 19.4. The topological polar surface area (TPSA) is 84.5 Å². The van der Waals surface area contributed by atoms with Gasteiger partial charge < -0.3 is 5.73 Å². The van der Waals surface area contributed by atoms with Crippen molar-refractivity contribution in [1.29, 1.82) is 0 Å². The van der Waals surface area contributed by atoms with Gasteiger partial charge in [0.05, 0.1) is 6.04 Å². The molecule has 6 heteroatoms. The molecule has 0 spiro atoms. The minimum atomic E-state index is -3.67. The summed E-state index contributed by atoms with van der Waals surface area (Å²) in [6, 6.07) is 17.8. The van der Waals surface area contributed by atoms with Crippen molar-refractivity contribution in [3.63, 3.8) is 0 Å². The van der Waals surface area contributed by atoms with Crippen LogP contribution in [0.5, 0.6) is 0 Å². The molecule has 0 radical (unpaired) electrons. The average Bonchev–Trinajstić information content (AvgIpc) is 2.78. The van der Waals surface area contributed by atoms with Crippen LogP contribution in [0.3, 0.4) is 0 Å². The fourth-order valence-corrected chi connectivity index (χ4v) is 6.95. The molecule has 1 aliphatic heterocycles. The van der Waals surface area contributed by atoms with Crippen LogP contribution >= 0.6 is 0 Å². The SMILES string of the molecule is CC1(C)CC(=N[C@@H](CCN)C2=CCCC=C2)NS(=O)(=O)C1c1cccc(-c2ccccc2)c1. The third-order valence-electron chi connectivity index (χ3n) is 6.36. The van der Waals surface area contributed by atoms with E-state index in [9.17, 15) is 8.42 Å². The van der Waals surface area contributed by atoms with Crippen LogP contribution in [-0.2, 0) is 10.0 Å². The van der Waals surface area contributed by atoms with Crippen LogP contribution in [0.4, 0.5) is 0 Å². The second kappa shape index (κ2) is 9.65. The molecule has 1 heterocycles. The van der Waals surface area contributed by atoms with Gasteiger partial charge in [-0.05, 0) is 59.6 Å². The predicted octanol–water partition coefficient (Wildman–Crippen LogP) is 5.14. The van der Waals surface area contributed by atoms with Gasteiger partial charge in [0.2, 0.25) is 10.0 Å². The summed E-state index contributed by atoms with van der Waals surface area (Å²) in [4.78, 5) is 4.86. The van der Waals surface area contributed by atoms with Gasteiger partial charge in [-0.1, -0.05) is 80.6 Å². The minimum absolute atomic E-state index is 0.127. The first-order valence-corrected chi connectivity index (χ1v) is 13.2. The lowest BCUT2D eigenvalue weighted by Crippen LogP contribution is -2.48. The molecule has 4 rings (SSSR count). The fourth-order valence-electron chi connectivity index (χ4n) is 4.95. The number of benzene rings is 2. The first-order chi connectivity index (χ1) is 15.8. The molecule has 1 aliphatic carbocycles. The van der Waals surface area contributed by atoms with E-state index < -0.39 is 20.7 Å².